The highest BCUT2D eigenvalue weighted by molar-refractivity contribution is 5.73. The highest BCUT2D eigenvalue weighted by Crippen LogP contribution is 2.28. The van der Waals surface area contributed by atoms with E-state index in [1.54, 1.807) is 6.92 Å². The SMILES string of the molecule is CC(=O)N1CCc2ccc(OCCCN3CCC(c4ccc(C)cc4)CC3)cc2CC1. The van der Waals surface area contributed by atoms with E-state index in [0.717, 1.165) is 51.3 Å². The van der Waals surface area contributed by atoms with Crippen LogP contribution in [0.15, 0.2) is 42.5 Å². The van der Waals surface area contributed by atoms with Gasteiger partial charge in [0, 0.05) is 26.6 Å². The van der Waals surface area contributed by atoms with Crippen LogP contribution in [0.5, 0.6) is 5.75 Å². The van der Waals surface area contributed by atoms with E-state index >= 15 is 0 Å². The third-order valence-electron chi connectivity index (χ3n) is 6.95. The zero-order valence-electron chi connectivity index (χ0n) is 19.1. The molecular weight excluding hydrogens is 384 g/mol. The van der Waals surface area contributed by atoms with Gasteiger partial charge in [-0.2, -0.15) is 0 Å². The van der Waals surface area contributed by atoms with Crippen molar-refractivity contribution in [3.05, 3.63) is 64.7 Å². The van der Waals surface area contributed by atoms with Crippen molar-refractivity contribution in [2.75, 3.05) is 39.3 Å². The number of carbonyl (C=O) groups is 1. The van der Waals surface area contributed by atoms with Gasteiger partial charge in [0.25, 0.3) is 0 Å². The summed E-state index contributed by atoms with van der Waals surface area (Å²) in [6.07, 6.45) is 5.43. The third-order valence-corrected chi connectivity index (χ3v) is 6.95. The summed E-state index contributed by atoms with van der Waals surface area (Å²) in [7, 11) is 0. The van der Waals surface area contributed by atoms with Gasteiger partial charge < -0.3 is 14.5 Å². The van der Waals surface area contributed by atoms with Gasteiger partial charge in [-0.25, -0.2) is 0 Å². The fourth-order valence-corrected chi connectivity index (χ4v) is 4.91. The molecule has 0 bridgehead atoms. The second kappa shape index (κ2) is 10.3. The van der Waals surface area contributed by atoms with Crippen molar-refractivity contribution in [3.8, 4) is 5.75 Å². The second-order valence-corrected chi connectivity index (χ2v) is 9.17. The Morgan fingerprint density at radius 3 is 2.39 bits per heavy atom. The molecule has 0 N–H and O–H groups in total. The van der Waals surface area contributed by atoms with E-state index in [4.69, 9.17) is 4.74 Å². The van der Waals surface area contributed by atoms with Gasteiger partial charge in [-0.3, -0.25) is 4.79 Å². The van der Waals surface area contributed by atoms with Gasteiger partial charge in [-0.15, -0.1) is 0 Å². The van der Waals surface area contributed by atoms with Gasteiger partial charge in [0.2, 0.25) is 5.91 Å². The van der Waals surface area contributed by atoms with E-state index in [2.05, 4.69) is 54.3 Å². The number of carbonyl (C=O) groups excluding carboxylic acids is 1. The summed E-state index contributed by atoms with van der Waals surface area (Å²) in [6, 6.07) is 15.6. The summed E-state index contributed by atoms with van der Waals surface area (Å²) in [5.74, 6) is 1.85. The van der Waals surface area contributed by atoms with Crippen LogP contribution in [0.25, 0.3) is 0 Å². The lowest BCUT2D eigenvalue weighted by Crippen LogP contribution is -2.34. The Morgan fingerprint density at radius 2 is 1.68 bits per heavy atom. The Morgan fingerprint density at radius 1 is 0.968 bits per heavy atom. The molecule has 2 aromatic carbocycles. The van der Waals surface area contributed by atoms with Crippen LogP contribution >= 0.6 is 0 Å². The molecule has 4 rings (SSSR count). The fourth-order valence-electron chi connectivity index (χ4n) is 4.91. The van der Waals surface area contributed by atoms with E-state index in [0.29, 0.717) is 5.92 Å². The van der Waals surface area contributed by atoms with Gasteiger partial charge in [0.05, 0.1) is 6.61 Å². The van der Waals surface area contributed by atoms with Crippen LogP contribution in [-0.4, -0.2) is 55.0 Å². The smallest absolute Gasteiger partial charge is 0.219 e. The summed E-state index contributed by atoms with van der Waals surface area (Å²) in [6.45, 7) is 9.69. The average molecular weight is 421 g/mol. The molecule has 4 heteroatoms. The number of hydrogen-bond donors (Lipinski definition) is 0. The van der Waals surface area contributed by atoms with Crippen LogP contribution in [0.2, 0.25) is 0 Å². The maximum absolute atomic E-state index is 11.7. The largest absolute Gasteiger partial charge is 0.494 e. The minimum absolute atomic E-state index is 0.173. The van der Waals surface area contributed by atoms with Crippen LogP contribution in [0.3, 0.4) is 0 Å². The molecule has 0 unspecified atom stereocenters. The molecule has 1 amide bonds. The van der Waals surface area contributed by atoms with Crippen molar-refractivity contribution in [2.45, 2.75) is 51.9 Å². The molecule has 0 spiro atoms. The number of aryl methyl sites for hydroxylation is 1. The van der Waals surface area contributed by atoms with E-state index in [1.807, 2.05) is 4.90 Å². The van der Waals surface area contributed by atoms with E-state index < -0.39 is 0 Å². The molecule has 4 nitrogen and oxygen atoms in total. The molecule has 166 valence electrons. The number of ether oxygens (including phenoxy) is 1. The van der Waals surface area contributed by atoms with Crippen molar-refractivity contribution in [1.82, 2.24) is 9.80 Å². The van der Waals surface area contributed by atoms with Crippen molar-refractivity contribution in [1.29, 1.82) is 0 Å². The molecule has 0 aliphatic carbocycles. The topological polar surface area (TPSA) is 32.8 Å². The molecule has 0 saturated carbocycles. The maximum Gasteiger partial charge on any atom is 0.219 e. The maximum atomic E-state index is 11.7. The van der Waals surface area contributed by atoms with E-state index in [1.165, 1.54) is 48.2 Å². The van der Waals surface area contributed by atoms with Gasteiger partial charge in [-0.1, -0.05) is 35.9 Å². The summed E-state index contributed by atoms with van der Waals surface area (Å²) in [4.78, 5) is 16.2. The van der Waals surface area contributed by atoms with Crippen molar-refractivity contribution < 1.29 is 9.53 Å². The molecule has 2 aromatic rings. The highest BCUT2D eigenvalue weighted by atomic mass is 16.5. The number of nitrogens with zero attached hydrogens (tertiary/aromatic N) is 2. The lowest BCUT2D eigenvalue weighted by molar-refractivity contribution is -0.128. The summed E-state index contributed by atoms with van der Waals surface area (Å²) < 4.78 is 6.07. The molecule has 0 radical (unpaired) electrons. The zero-order valence-corrected chi connectivity index (χ0v) is 19.1. The zero-order chi connectivity index (χ0) is 21.6. The molecule has 2 aliphatic heterocycles. The molecule has 1 fully saturated rings. The molecule has 1 saturated heterocycles. The Bertz CT molecular complexity index is 869. The monoisotopic (exact) mass is 420 g/mol. The lowest BCUT2D eigenvalue weighted by Gasteiger charge is -2.32. The molecule has 0 atom stereocenters. The standard InChI is InChI=1S/C27H36N2O2/c1-21-4-6-23(7-5-21)25-10-15-28(16-11-25)14-3-19-31-27-9-8-24-12-17-29(22(2)30)18-13-26(24)20-27/h4-9,20,25H,3,10-19H2,1-2H3. The van der Waals surface area contributed by atoms with Crippen molar-refractivity contribution >= 4 is 5.91 Å². The number of benzene rings is 2. The first-order valence-corrected chi connectivity index (χ1v) is 11.9. The predicted molar refractivity (Wildman–Crippen MR) is 126 cm³/mol. The van der Waals surface area contributed by atoms with Crippen LogP contribution in [0.4, 0.5) is 0 Å². The minimum Gasteiger partial charge on any atom is -0.494 e. The fraction of sp³-hybridized carbons (Fsp3) is 0.519. The number of likely N-dealkylation sites (tertiary alicyclic amines) is 1. The second-order valence-electron chi connectivity index (χ2n) is 9.17. The van der Waals surface area contributed by atoms with Crippen LogP contribution < -0.4 is 4.74 Å². The Hall–Kier alpha value is -2.33. The Balaban J connectivity index is 1.18. The van der Waals surface area contributed by atoms with Gasteiger partial charge in [0.15, 0.2) is 0 Å². The van der Waals surface area contributed by atoms with Gasteiger partial charge >= 0.3 is 0 Å². The van der Waals surface area contributed by atoms with Crippen molar-refractivity contribution in [2.24, 2.45) is 0 Å². The molecule has 2 heterocycles. The summed E-state index contributed by atoms with van der Waals surface area (Å²) in [5.41, 5.74) is 5.53. The quantitative estimate of drug-likeness (QED) is 0.641. The normalized spacial score (nSPS) is 17.8. The Labute approximate surface area is 187 Å². The lowest BCUT2D eigenvalue weighted by atomic mass is 9.89. The van der Waals surface area contributed by atoms with Gasteiger partial charge in [0.1, 0.15) is 5.75 Å². The number of fused-ring (bicyclic) bond motifs is 1. The van der Waals surface area contributed by atoms with Crippen molar-refractivity contribution in [3.63, 3.8) is 0 Å². The first kappa shape index (κ1) is 21.9. The molecule has 2 aliphatic rings. The minimum atomic E-state index is 0.173. The third kappa shape index (κ3) is 5.88. The summed E-state index contributed by atoms with van der Waals surface area (Å²) in [5, 5.41) is 0. The Kier molecular flexibility index (Phi) is 7.29. The average Bonchev–Trinajstić information content (AvgIpc) is 3.00. The van der Waals surface area contributed by atoms with Gasteiger partial charge in [-0.05, 0) is 86.9 Å². The molecule has 31 heavy (non-hydrogen) atoms. The van der Waals surface area contributed by atoms with E-state index in [9.17, 15) is 4.79 Å². The number of rotatable bonds is 6. The predicted octanol–water partition coefficient (Wildman–Crippen LogP) is 4.59. The molecule has 0 aromatic heterocycles. The molecular formula is C27H36N2O2. The van der Waals surface area contributed by atoms with E-state index in [-0.39, 0.29) is 5.91 Å². The highest BCUT2D eigenvalue weighted by Gasteiger charge is 2.20. The number of hydrogen-bond acceptors (Lipinski definition) is 3. The number of piperidine rings is 1. The summed E-state index contributed by atoms with van der Waals surface area (Å²) >= 11 is 0. The van der Waals surface area contributed by atoms with Crippen LogP contribution in [0, 0.1) is 6.92 Å². The van der Waals surface area contributed by atoms with Crippen LogP contribution in [0.1, 0.15) is 54.4 Å². The van der Waals surface area contributed by atoms with Crippen LogP contribution in [-0.2, 0) is 17.6 Å². The number of amides is 1. The first-order chi connectivity index (χ1) is 15.1. The first-order valence-electron chi connectivity index (χ1n) is 11.9.